The number of aryl methyl sites for hydroxylation is 1. The highest BCUT2D eigenvalue weighted by Gasteiger charge is 2.16. The molecule has 0 radical (unpaired) electrons. The minimum Gasteiger partial charge on any atom is -0.206 e. The van der Waals surface area contributed by atoms with E-state index >= 15 is 0 Å². The van der Waals surface area contributed by atoms with Crippen LogP contribution in [-0.4, -0.2) is 8.42 Å². The van der Waals surface area contributed by atoms with Crippen LogP contribution in [0.3, 0.4) is 0 Å². The minimum absolute atomic E-state index is 0.166. The molecule has 1 N–H and O–H groups in total. The van der Waals surface area contributed by atoms with Gasteiger partial charge in [0.2, 0.25) is 10.0 Å². The van der Waals surface area contributed by atoms with Gasteiger partial charge in [-0.25, -0.2) is 13.1 Å². The molecule has 0 saturated carbocycles. The number of hydrogen-bond donors (Lipinski definition) is 1. The molecule has 20 heavy (non-hydrogen) atoms. The van der Waals surface area contributed by atoms with Crippen LogP contribution in [0.5, 0.6) is 0 Å². The molecule has 0 amide bonds. The van der Waals surface area contributed by atoms with Crippen molar-refractivity contribution in [3.8, 4) is 6.07 Å². The summed E-state index contributed by atoms with van der Waals surface area (Å²) in [5.74, 6) is 0. The predicted octanol–water partition coefficient (Wildman–Crippen LogP) is 2.66. The summed E-state index contributed by atoms with van der Waals surface area (Å²) in [6.45, 7) is 2.31. The first-order chi connectivity index (χ1) is 9.55. The molecule has 2 aromatic rings. The van der Waals surface area contributed by atoms with Gasteiger partial charge in [-0.05, 0) is 29.7 Å². The van der Waals surface area contributed by atoms with Crippen molar-refractivity contribution in [3.05, 3.63) is 52.4 Å². The lowest BCUT2D eigenvalue weighted by molar-refractivity contribution is 0.583. The SMILES string of the molecule is CCc1ccc(CNS(=O)(=O)c2ccc(C#N)s2)cc1. The van der Waals surface area contributed by atoms with Crippen LogP contribution < -0.4 is 4.72 Å². The summed E-state index contributed by atoms with van der Waals surface area (Å²) in [6.07, 6.45) is 0.956. The third-order valence-corrected chi connectivity index (χ3v) is 5.74. The van der Waals surface area contributed by atoms with Crippen LogP contribution in [0.15, 0.2) is 40.6 Å². The Kier molecular flexibility index (Phi) is 4.55. The van der Waals surface area contributed by atoms with Gasteiger partial charge in [0.25, 0.3) is 0 Å². The Morgan fingerprint density at radius 3 is 2.35 bits per heavy atom. The van der Waals surface area contributed by atoms with E-state index in [9.17, 15) is 8.42 Å². The van der Waals surface area contributed by atoms with E-state index in [2.05, 4.69) is 11.6 Å². The summed E-state index contributed by atoms with van der Waals surface area (Å²) < 4.78 is 26.8. The summed E-state index contributed by atoms with van der Waals surface area (Å²) >= 11 is 0.969. The van der Waals surface area contributed by atoms with Gasteiger partial charge in [-0.2, -0.15) is 5.26 Å². The largest absolute Gasteiger partial charge is 0.250 e. The van der Waals surface area contributed by atoms with Crippen molar-refractivity contribution in [3.63, 3.8) is 0 Å². The maximum atomic E-state index is 12.0. The number of rotatable bonds is 5. The molecule has 1 heterocycles. The van der Waals surface area contributed by atoms with E-state index in [0.29, 0.717) is 4.88 Å². The highest BCUT2D eigenvalue weighted by Crippen LogP contribution is 2.20. The van der Waals surface area contributed by atoms with Crippen molar-refractivity contribution in [2.24, 2.45) is 0 Å². The average molecular weight is 306 g/mol. The molecule has 1 aromatic carbocycles. The van der Waals surface area contributed by atoms with Gasteiger partial charge in [0.1, 0.15) is 15.2 Å². The van der Waals surface area contributed by atoms with E-state index < -0.39 is 10.0 Å². The maximum absolute atomic E-state index is 12.0. The number of thiophene rings is 1. The summed E-state index contributed by atoms with van der Waals surface area (Å²) in [5, 5.41) is 8.72. The van der Waals surface area contributed by atoms with Crippen molar-refractivity contribution in [2.45, 2.75) is 24.1 Å². The summed E-state index contributed by atoms with van der Waals surface area (Å²) in [6, 6.07) is 12.7. The quantitative estimate of drug-likeness (QED) is 0.923. The first-order valence-corrected chi connectivity index (χ1v) is 8.42. The predicted molar refractivity (Wildman–Crippen MR) is 78.9 cm³/mol. The van der Waals surface area contributed by atoms with Crippen LogP contribution in [0.4, 0.5) is 0 Å². The van der Waals surface area contributed by atoms with Gasteiger partial charge < -0.3 is 0 Å². The van der Waals surface area contributed by atoms with Crippen LogP contribution in [0.2, 0.25) is 0 Å². The lowest BCUT2D eigenvalue weighted by Crippen LogP contribution is -2.22. The third kappa shape index (κ3) is 3.45. The third-order valence-electron chi connectivity index (χ3n) is 2.85. The molecule has 0 aliphatic heterocycles. The molecule has 0 saturated heterocycles. The van der Waals surface area contributed by atoms with E-state index in [4.69, 9.17) is 5.26 Å². The van der Waals surface area contributed by atoms with Crippen molar-refractivity contribution < 1.29 is 8.42 Å². The molecule has 6 heteroatoms. The Balaban J connectivity index is 2.07. The Morgan fingerprint density at radius 2 is 1.80 bits per heavy atom. The molecule has 0 spiro atoms. The van der Waals surface area contributed by atoms with Crippen LogP contribution >= 0.6 is 11.3 Å². The minimum atomic E-state index is -3.55. The first kappa shape index (κ1) is 14.7. The fourth-order valence-electron chi connectivity index (χ4n) is 1.67. The van der Waals surface area contributed by atoms with Gasteiger partial charge in [-0.15, -0.1) is 11.3 Å². The zero-order valence-electron chi connectivity index (χ0n) is 11.0. The Bertz CT molecular complexity index is 725. The van der Waals surface area contributed by atoms with Crippen LogP contribution in [0.1, 0.15) is 22.9 Å². The molecule has 1 aromatic heterocycles. The number of nitrogens with zero attached hydrogens (tertiary/aromatic N) is 1. The molecular weight excluding hydrogens is 292 g/mol. The molecule has 2 rings (SSSR count). The van der Waals surface area contributed by atoms with E-state index in [1.165, 1.54) is 17.7 Å². The lowest BCUT2D eigenvalue weighted by Gasteiger charge is -2.05. The van der Waals surface area contributed by atoms with Crippen LogP contribution in [-0.2, 0) is 23.0 Å². The normalized spacial score (nSPS) is 11.2. The number of nitrogens with one attached hydrogen (secondary N) is 1. The fraction of sp³-hybridized carbons (Fsp3) is 0.214. The van der Waals surface area contributed by atoms with Crippen molar-refractivity contribution in [1.29, 1.82) is 5.26 Å². The fourth-order valence-corrected chi connectivity index (χ4v) is 3.83. The summed E-state index contributed by atoms with van der Waals surface area (Å²) in [5.41, 5.74) is 2.12. The maximum Gasteiger partial charge on any atom is 0.250 e. The highest BCUT2D eigenvalue weighted by molar-refractivity contribution is 7.91. The van der Waals surface area contributed by atoms with Gasteiger partial charge in [-0.3, -0.25) is 0 Å². The molecule has 4 nitrogen and oxygen atoms in total. The van der Waals surface area contributed by atoms with Gasteiger partial charge in [0.15, 0.2) is 0 Å². The molecule has 0 atom stereocenters. The Labute approximate surface area is 122 Å². The van der Waals surface area contributed by atoms with Crippen molar-refractivity contribution in [2.75, 3.05) is 0 Å². The van der Waals surface area contributed by atoms with Gasteiger partial charge in [0.05, 0.1) is 0 Å². The van der Waals surface area contributed by atoms with Crippen LogP contribution in [0.25, 0.3) is 0 Å². The number of sulfonamides is 1. The second-order valence-electron chi connectivity index (χ2n) is 4.23. The Hall–Kier alpha value is -1.68. The van der Waals surface area contributed by atoms with E-state index in [1.807, 2.05) is 30.3 Å². The molecule has 0 aliphatic carbocycles. The molecule has 0 bridgehead atoms. The van der Waals surface area contributed by atoms with Crippen LogP contribution in [0, 0.1) is 11.3 Å². The standard InChI is InChI=1S/C14H14N2O2S2/c1-2-11-3-5-12(6-4-11)10-16-20(17,18)14-8-7-13(9-15)19-14/h3-8,16H,2,10H2,1H3. The van der Waals surface area contributed by atoms with Gasteiger partial charge >= 0.3 is 0 Å². The van der Waals surface area contributed by atoms with Crippen molar-refractivity contribution >= 4 is 21.4 Å². The molecular formula is C14H14N2O2S2. The zero-order valence-corrected chi connectivity index (χ0v) is 12.6. The van der Waals surface area contributed by atoms with E-state index in [0.717, 1.165) is 23.3 Å². The zero-order chi connectivity index (χ0) is 14.6. The second-order valence-corrected chi connectivity index (χ2v) is 7.30. The average Bonchev–Trinajstić information content (AvgIpc) is 2.95. The van der Waals surface area contributed by atoms with Gasteiger partial charge in [0, 0.05) is 6.54 Å². The molecule has 104 valence electrons. The first-order valence-electron chi connectivity index (χ1n) is 6.12. The lowest BCUT2D eigenvalue weighted by atomic mass is 10.1. The number of hydrogen-bond acceptors (Lipinski definition) is 4. The Morgan fingerprint density at radius 1 is 1.15 bits per heavy atom. The van der Waals surface area contributed by atoms with Gasteiger partial charge in [-0.1, -0.05) is 31.2 Å². The van der Waals surface area contributed by atoms with Crippen molar-refractivity contribution in [1.82, 2.24) is 4.72 Å². The molecule has 0 unspecified atom stereocenters. The molecule has 0 aliphatic rings. The molecule has 0 fully saturated rings. The van der Waals surface area contributed by atoms with E-state index in [-0.39, 0.29) is 10.8 Å². The highest BCUT2D eigenvalue weighted by atomic mass is 32.2. The van der Waals surface area contributed by atoms with E-state index in [1.54, 1.807) is 0 Å². The topological polar surface area (TPSA) is 70.0 Å². The second kappa shape index (κ2) is 6.18. The number of benzene rings is 1. The summed E-state index contributed by atoms with van der Waals surface area (Å²) in [4.78, 5) is 0.387. The monoisotopic (exact) mass is 306 g/mol. The summed E-state index contributed by atoms with van der Waals surface area (Å²) in [7, 11) is -3.55. The number of nitriles is 1. The smallest absolute Gasteiger partial charge is 0.206 e.